The molecule has 6 nitrogen and oxygen atoms in total. The van der Waals surface area contributed by atoms with Gasteiger partial charge in [0.1, 0.15) is 10.8 Å². The van der Waals surface area contributed by atoms with Crippen LogP contribution in [0.2, 0.25) is 0 Å². The van der Waals surface area contributed by atoms with E-state index >= 15 is 0 Å². The van der Waals surface area contributed by atoms with Gasteiger partial charge in [0.2, 0.25) is 0 Å². The Hall–Kier alpha value is -2.12. The molecule has 1 saturated carbocycles. The summed E-state index contributed by atoms with van der Waals surface area (Å²) in [5.74, 6) is 0.885. The summed E-state index contributed by atoms with van der Waals surface area (Å²) < 4.78 is 0. The number of hydrogen-bond donors (Lipinski definition) is 2. The number of rotatable bonds is 9. The fourth-order valence-electron chi connectivity index (χ4n) is 3.10. The van der Waals surface area contributed by atoms with Crippen LogP contribution in [0.4, 0.5) is 5.82 Å². The number of carbonyl (C=O) groups is 1. The van der Waals surface area contributed by atoms with Crippen molar-refractivity contribution in [2.45, 2.75) is 42.6 Å². The van der Waals surface area contributed by atoms with E-state index in [0.717, 1.165) is 36.0 Å². The molecule has 3 rings (SSSR count). The number of carboxylic acids is 1. The summed E-state index contributed by atoms with van der Waals surface area (Å²) in [5, 5.41) is 13.3. The molecule has 1 fully saturated rings. The third-order valence-electron chi connectivity index (χ3n) is 4.57. The highest BCUT2D eigenvalue weighted by Crippen LogP contribution is 2.28. The van der Waals surface area contributed by atoms with Gasteiger partial charge in [0.05, 0.1) is 18.9 Å². The highest BCUT2D eigenvalue weighted by Gasteiger charge is 2.33. The number of aromatic nitrogens is 2. The second-order valence-corrected chi connectivity index (χ2v) is 7.44. The third kappa shape index (κ3) is 5.19. The molecule has 1 aliphatic rings. The molecule has 0 bridgehead atoms. The minimum absolute atomic E-state index is 0.110. The Morgan fingerprint density at radius 3 is 2.77 bits per heavy atom. The zero-order chi connectivity index (χ0) is 18.4. The predicted molar refractivity (Wildman–Crippen MR) is 103 cm³/mol. The van der Waals surface area contributed by atoms with Gasteiger partial charge in [0, 0.05) is 17.8 Å². The fraction of sp³-hybridized carbons (Fsp3) is 0.421. The van der Waals surface area contributed by atoms with Crippen LogP contribution >= 0.6 is 11.8 Å². The molecular formula is C19H24N4O2S. The van der Waals surface area contributed by atoms with Gasteiger partial charge in [-0.25, -0.2) is 4.98 Å². The molecule has 1 aromatic heterocycles. The lowest BCUT2D eigenvalue weighted by atomic mass is 9.85. The van der Waals surface area contributed by atoms with E-state index in [1.165, 1.54) is 5.56 Å². The number of likely N-dealkylation sites (N-methyl/N-ethyl adjacent to an activating group) is 1. The van der Waals surface area contributed by atoms with Crippen molar-refractivity contribution in [2.75, 3.05) is 18.4 Å². The molecule has 0 saturated heterocycles. The van der Waals surface area contributed by atoms with E-state index in [1.54, 1.807) is 24.2 Å². The molecule has 0 radical (unpaired) electrons. The second kappa shape index (κ2) is 9.00. The first-order chi connectivity index (χ1) is 12.6. The van der Waals surface area contributed by atoms with Crippen LogP contribution in [0.1, 0.15) is 25.3 Å². The molecule has 0 amide bonds. The van der Waals surface area contributed by atoms with E-state index in [-0.39, 0.29) is 6.54 Å². The van der Waals surface area contributed by atoms with Crippen molar-refractivity contribution in [1.82, 2.24) is 14.9 Å². The minimum Gasteiger partial charge on any atom is -0.480 e. The van der Waals surface area contributed by atoms with Crippen LogP contribution in [0.3, 0.4) is 0 Å². The summed E-state index contributed by atoms with van der Waals surface area (Å²) in [4.78, 5) is 21.8. The number of nitrogens with one attached hydrogen (secondary N) is 1. The lowest BCUT2D eigenvalue weighted by molar-refractivity contribution is -0.139. The van der Waals surface area contributed by atoms with E-state index in [1.807, 2.05) is 30.0 Å². The quantitative estimate of drug-likeness (QED) is 0.655. The van der Waals surface area contributed by atoms with Crippen molar-refractivity contribution >= 4 is 23.5 Å². The summed E-state index contributed by atoms with van der Waals surface area (Å²) in [6.07, 6.45) is 5.40. The zero-order valence-electron chi connectivity index (χ0n) is 14.8. The zero-order valence-corrected chi connectivity index (χ0v) is 15.7. The topological polar surface area (TPSA) is 78.4 Å². The number of nitrogens with zero attached hydrogens (tertiary/aromatic N) is 3. The van der Waals surface area contributed by atoms with Crippen LogP contribution in [0, 0.1) is 0 Å². The standard InChI is InChI=1S/C19H24N4O2S/c1-2-23(12-19(24)25)16-8-15(9-16)21-17-10-20-11-18(22-17)26-13-14-6-4-3-5-7-14/h3-7,10-11,15-16H,2,8-9,12-13H2,1H3,(H,21,22)(H,24,25). The summed E-state index contributed by atoms with van der Waals surface area (Å²) in [6, 6.07) is 11.0. The van der Waals surface area contributed by atoms with Crippen LogP contribution in [0.15, 0.2) is 47.8 Å². The van der Waals surface area contributed by atoms with E-state index in [4.69, 9.17) is 5.11 Å². The molecule has 0 spiro atoms. The first-order valence-electron chi connectivity index (χ1n) is 8.85. The van der Waals surface area contributed by atoms with Gasteiger partial charge in [-0.1, -0.05) is 37.3 Å². The number of anilines is 1. The van der Waals surface area contributed by atoms with E-state index < -0.39 is 5.97 Å². The number of carboxylic acid groups (broad SMARTS) is 1. The molecule has 0 unspecified atom stereocenters. The van der Waals surface area contributed by atoms with Crippen molar-refractivity contribution in [1.29, 1.82) is 0 Å². The summed E-state index contributed by atoms with van der Waals surface area (Å²) in [6.45, 7) is 2.87. The van der Waals surface area contributed by atoms with E-state index in [0.29, 0.717) is 12.1 Å². The van der Waals surface area contributed by atoms with E-state index in [2.05, 4.69) is 27.4 Å². The average molecular weight is 372 g/mol. The maximum atomic E-state index is 10.9. The molecule has 0 aliphatic heterocycles. The van der Waals surface area contributed by atoms with Gasteiger partial charge in [0.25, 0.3) is 0 Å². The van der Waals surface area contributed by atoms with Gasteiger partial charge in [0.15, 0.2) is 0 Å². The Balaban J connectivity index is 1.48. The molecule has 1 heterocycles. The molecule has 7 heteroatoms. The van der Waals surface area contributed by atoms with Crippen LogP contribution in [0.25, 0.3) is 0 Å². The van der Waals surface area contributed by atoms with Gasteiger partial charge >= 0.3 is 5.97 Å². The molecule has 2 aromatic rings. The summed E-state index contributed by atoms with van der Waals surface area (Å²) >= 11 is 1.67. The van der Waals surface area contributed by atoms with Crippen LogP contribution in [0.5, 0.6) is 0 Å². The molecule has 0 atom stereocenters. The lowest BCUT2D eigenvalue weighted by Gasteiger charge is -2.42. The normalized spacial score (nSPS) is 19.2. The highest BCUT2D eigenvalue weighted by molar-refractivity contribution is 7.98. The van der Waals surface area contributed by atoms with Crippen LogP contribution < -0.4 is 5.32 Å². The fourth-order valence-corrected chi connectivity index (χ4v) is 3.91. The molecule has 1 aromatic carbocycles. The molecular weight excluding hydrogens is 348 g/mol. The second-order valence-electron chi connectivity index (χ2n) is 6.44. The summed E-state index contributed by atoms with van der Waals surface area (Å²) in [7, 11) is 0. The van der Waals surface area contributed by atoms with Crippen LogP contribution in [-0.2, 0) is 10.5 Å². The maximum Gasteiger partial charge on any atom is 0.317 e. The Bertz CT molecular complexity index is 722. The van der Waals surface area contributed by atoms with Gasteiger partial charge in [-0.3, -0.25) is 14.7 Å². The third-order valence-corrected chi connectivity index (χ3v) is 5.54. The SMILES string of the molecule is CCN(CC(=O)O)C1CC(Nc2cncc(SCc3ccccc3)n2)C1. The van der Waals surface area contributed by atoms with Crippen molar-refractivity contribution < 1.29 is 9.90 Å². The van der Waals surface area contributed by atoms with Gasteiger partial charge < -0.3 is 10.4 Å². The van der Waals surface area contributed by atoms with Crippen molar-refractivity contribution in [3.8, 4) is 0 Å². The molecule has 26 heavy (non-hydrogen) atoms. The largest absolute Gasteiger partial charge is 0.480 e. The number of benzene rings is 1. The number of hydrogen-bond acceptors (Lipinski definition) is 6. The molecule has 1 aliphatic carbocycles. The van der Waals surface area contributed by atoms with Crippen molar-refractivity contribution in [3.63, 3.8) is 0 Å². The first kappa shape index (κ1) is 18.7. The predicted octanol–water partition coefficient (Wildman–Crippen LogP) is 3.12. The number of aliphatic carboxylic acids is 1. The highest BCUT2D eigenvalue weighted by atomic mass is 32.2. The maximum absolute atomic E-state index is 10.9. The smallest absolute Gasteiger partial charge is 0.317 e. The Morgan fingerprint density at radius 1 is 1.31 bits per heavy atom. The Kier molecular flexibility index (Phi) is 6.46. The van der Waals surface area contributed by atoms with Crippen LogP contribution in [-0.4, -0.2) is 51.1 Å². The van der Waals surface area contributed by atoms with Gasteiger partial charge in [-0.2, -0.15) is 0 Å². The average Bonchev–Trinajstić information content (AvgIpc) is 2.62. The first-order valence-corrected chi connectivity index (χ1v) is 9.83. The van der Waals surface area contributed by atoms with Crippen molar-refractivity contribution in [3.05, 3.63) is 48.3 Å². The monoisotopic (exact) mass is 372 g/mol. The van der Waals surface area contributed by atoms with Crippen molar-refractivity contribution in [2.24, 2.45) is 0 Å². The van der Waals surface area contributed by atoms with Gasteiger partial charge in [-0.15, -0.1) is 11.8 Å². The molecule has 138 valence electrons. The lowest BCUT2D eigenvalue weighted by Crippen LogP contribution is -2.51. The minimum atomic E-state index is -0.766. The summed E-state index contributed by atoms with van der Waals surface area (Å²) in [5.41, 5.74) is 1.26. The molecule has 2 N–H and O–H groups in total. The van der Waals surface area contributed by atoms with E-state index in [9.17, 15) is 4.79 Å². The Labute approximate surface area is 158 Å². The van der Waals surface area contributed by atoms with Gasteiger partial charge in [-0.05, 0) is 24.9 Å². The number of thioether (sulfide) groups is 1. The Morgan fingerprint density at radius 2 is 2.08 bits per heavy atom.